The van der Waals surface area contributed by atoms with E-state index in [9.17, 15) is 5.11 Å². The molecular weight excluding hydrogens is 290 g/mol. The van der Waals surface area contributed by atoms with Gasteiger partial charge in [0.2, 0.25) is 0 Å². The summed E-state index contributed by atoms with van der Waals surface area (Å²) in [4.78, 5) is 0. The molecule has 3 heteroatoms. The van der Waals surface area contributed by atoms with E-state index in [1.54, 1.807) is 0 Å². The van der Waals surface area contributed by atoms with Crippen LogP contribution in [0.15, 0.2) is 22.7 Å². The van der Waals surface area contributed by atoms with Gasteiger partial charge < -0.3 is 10.4 Å². The van der Waals surface area contributed by atoms with Crippen LogP contribution in [-0.4, -0.2) is 17.3 Å². The molecule has 1 saturated carbocycles. The summed E-state index contributed by atoms with van der Waals surface area (Å²) in [5.74, 6) is 0. The van der Waals surface area contributed by atoms with Gasteiger partial charge in [0.15, 0.2) is 0 Å². The summed E-state index contributed by atoms with van der Waals surface area (Å²) in [6.45, 7) is 0.743. The molecule has 0 aromatic heterocycles. The third-order valence-corrected chi connectivity index (χ3v) is 4.89. The Bertz CT molecular complexity index is 440. The maximum Gasteiger partial charge on any atom is 0.0771 e. The van der Waals surface area contributed by atoms with E-state index in [0.717, 1.165) is 36.7 Å². The van der Waals surface area contributed by atoms with Crippen molar-refractivity contribution in [2.75, 3.05) is 6.54 Å². The van der Waals surface area contributed by atoms with Crippen molar-refractivity contribution in [2.24, 2.45) is 0 Å². The normalized spacial score (nSPS) is 25.3. The molecule has 0 radical (unpaired) electrons. The Hall–Kier alpha value is -0.380. The van der Waals surface area contributed by atoms with Crippen molar-refractivity contribution in [3.63, 3.8) is 0 Å². The molecule has 0 aliphatic heterocycles. The van der Waals surface area contributed by atoms with Gasteiger partial charge in [-0.1, -0.05) is 34.8 Å². The lowest BCUT2D eigenvalue weighted by molar-refractivity contribution is 0.0448. The van der Waals surface area contributed by atoms with Gasteiger partial charge in [0.1, 0.15) is 0 Å². The van der Waals surface area contributed by atoms with Crippen LogP contribution in [0.25, 0.3) is 0 Å². The van der Waals surface area contributed by atoms with Gasteiger partial charge in [-0.15, -0.1) is 0 Å². The zero-order valence-corrected chi connectivity index (χ0v) is 12.2. The zero-order chi connectivity index (χ0) is 12.6. The van der Waals surface area contributed by atoms with Gasteiger partial charge in [-0.2, -0.15) is 0 Å². The molecule has 2 aliphatic rings. The van der Waals surface area contributed by atoms with Crippen molar-refractivity contribution in [3.8, 4) is 0 Å². The van der Waals surface area contributed by atoms with Crippen LogP contribution in [0.5, 0.6) is 0 Å². The van der Waals surface area contributed by atoms with E-state index in [1.165, 1.54) is 24.0 Å². The van der Waals surface area contributed by atoms with Crippen LogP contribution in [-0.2, 0) is 6.42 Å². The number of hydrogen-bond donors (Lipinski definition) is 2. The minimum absolute atomic E-state index is 0.428. The Morgan fingerprint density at radius 1 is 1.33 bits per heavy atom. The molecule has 0 saturated heterocycles. The Morgan fingerprint density at radius 3 is 2.89 bits per heavy atom. The van der Waals surface area contributed by atoms with Gasteiger partial charge in [0, 0.05) is 17.1 Å². The second kappa shape index (κ2) is 4.95. The Labute approximate surface area is 117 Å². The maximum atomic E-state index is 10.4. The van der Waals surface area contributed by atoms with E-state index >= 15 is 0 Å². The molecule has 98 valence electrons. The van der Waals surface area contributed by atoms with E-state index in [0.29, 0.717) is 6.04 Å². The Morgan fingerprint density at radius 2 is 2.11 bits per heavy atom. The van der Waals surface area contributed by atoms with Crippen molar-refractivity contribution in [2.45, 2.75) is 50.2 Å². The predicted molar refractivity (Wildman–Crippen MR) is 76.6 cm³/mol. The smallest absolute Gasteiger partial charge is 0.0771 e. The highest BCUT2D eigenvalue weighted by atomic mass is 79.9. The van der Waals surface area contributed by atoms with E-state index in [4.69, 9.17) is 0 Å². The quantitative estimate of drug-likeness (QED) is 0.897. The Balaban J connectivity index is 1.66. The number of hydrogen-bond acceptors (Lipinski definition) is 2. The van der Waals surface area contributed by atoms with Gasteiger partial charge in [-0.3, -0.25) is 0 Å². The van der Waals surface area contributed by atoms with Crippen LogP contribution < -0.4 is 5.32 Å². The molecule has 0 spiro atoms. The molecule has 1 fully saturated rings. The van der Waals surface area contributed by atoms with E-state index < -0.39 is 5.60 Å². The van der Waals surface area contributed by atoms with Gasteiger partial charge in [0.05, 0.1) is 5.60 Å². The molecule has 0 amide bonds. The molecule has 1 aromatic rings. The van der Waals surface area contributed by atoms with Crippen LogP contribution >= 0.6 is 15.9 Å². The van der Waals surface area contributed by atoms with Crippen molar-refractivity contribution in [3.05, 3.63) is 33.8 Å². The summed E-state index contributed by atoms with van der Waals surface area (Å²) in [7, 11) is 0. The van der Waals surface area contributed by atoms with Gasteiger partial charge in [-0.25, -0.2) is 0 Å². The summed E-state index contributed by atoms with van der Waals surface area (Å²) in [5.41, 5.74) is 2.41. The first kappa shape index (κ1) is 12.6. The minimum Gasteiger partial charge on any atom is -0.389 e. The van der Waals surface area contributed by atoms with E-state index in [2.05, 4.69) is 39.4 Å². The molecule has 2 nitrogen and oxygen atoms in total. The fourth-order valence-electron chi connectivity index (χ4n) is 3.32. The third kappa shape index (κ3) is 2.49. The number of rotatable bonds is 3. The first-order valence-corrected chi connectivity index (χ1v) is 7.70. The molecule has 18 heavy (non-hydrogen) atoms. The summed E-state index contributed by atoms with van der Waals surface area (Å²) in [6, 6.07) is 6.98. The molecule has 3 rings (SSSR count). The summed E-state index contributed by atoms with van der Waals surface area (Å²) in [6.07, 6.45) is 6.56. The number of benzene rings is 1. The molecule has 1 atom stereocenters. The fraction of sp³-hybridized carbons (Fsp3) is 0.600. The number of nitrogens with one attached hydrogen (secondary N) is 1. The molecule has 0 bridgehead atoms. The van der Waals surface area contributed by atoms with Crippen LogP contribution in [0.3, 0.4) is 0 Å². The molecule has 1 aromatic carbocycles. The predicted octanol–water partition coefficient (Wildman–Crippen LogP) is 3.33. The number of aryl methyl sites for hydroxylation is 1. The van der Waals surface area contributed by atoms with Gasteiger partial charge in [-0.05, 0) is 48.9 Å². The summed E-state index contributed by atoms with van der Waals surface area (Å²) in [5, 5.41) is 13.9. The first-order chi connectivity index (χ1) is 8.66. The van der Waals surface area contributed by atoms with Gasteiger partial charge in [0.25, 0.3) is 0 Å². The molecule has 2 N–H and O–H groups in total. The van der Waals surface area contributed by atoms with Gasteiger partial charge >= 0.3 is 0 Å². The van der Waals surface area contributed by atoms with Crippen LogP contribution in [0, 0.1) is 0 Å². The van der Waals surface area contributed by atoms with Crippen molar-refractivity contribution in [1.29, 1.82) is 0 Å². The highest BCUT2D eigenvalue weighted by molar-refractivity contribution is 9.10. The fourth-order valence-corrected chi connectivity index (χ4v) is 3.73. The highest BCUT2D eigenvalue weighted by Crippen LogP contribution is 2.34. The zero-order valence-electron chi connectivity index (χ0n) is 10.6. The first-order valence-electron chi connectivity index (χ1n) is 6.90. The number of aliphatic hydroxyl groups is 1. The average Bonchev–Trinajstić information content (AvgIpc) is 2.93. The monoisotopic (exact) mass is 309 g/mol. The van der Waals surface area contributed by atoms with Crippen molar-refractivity contribution in [1.82, 2.24) is 5.32 Å². The lowest BCUT2D eigenvalue weighted by Crippen LogP contribution is -2.39. The SMILES string of the molecule is OC1(CNC2CCc3cc(Br)ccc32)CCCC1. The summed E-state index contributed by atoms with van der Waals surface area (Å²) >= 11 is 3.53. The largest absolute Gasteiger partial charge is 0.389 e. The van der Waals surface area contributed by atoms with Crippen molar-refractivity contribution >= 4 is 15.9 Å². The summed E-state index contributed by atoms with van der Waals surface area (Å²) < 4.78 is 1.16. The lowest BCUT2D eigenvalue weighted by Gasteiger charge is -2.25. The second-order valence-electron chi connectivity index (χ2n) is 5.75. The third-order valence-electron chi connectivity index (χ3n) is 4.39. The van der Waals surface area contributed by atoms with E-state index in [-0.39, 0.29) is 0 Å². The molecule has 1 unspecified atom stereocenters. The standard InChI is InChI=1S/C15H20BrNO/c16-12-4-5-13-11(9-12)3-6-14(13)17-10-15(18)7-1-2-8-15/h4-5,9,14,17-18H,1-3,6-8,10H2. The number of halogens is 1. The number of fused-ring (bicyclic) bond motifs is 1. The Kier molecular flexibility index (Phi) is 3.48. The van der Waals surface area contributed by atoms with Crippen molar-refractivity contribution < 1.29 is 5.11 Å². The minimum atomic E-state index is -0.446. The topological polar surface area (TPSA) is 32.3 Å². The van der Waals surface area contributed by atoms with Crippen LogP contribution in [0.1, 0.15) is 49.3 Å². The highest BCUT2D eigenvalue weighted by Gasteiger charge is 2.32. The lowest BCUT2D eigenvalue weighted by atomic mass is 10.0. The van der Waals surface area contributed by atoms with Crippen LogP contribution in [0.4, 0.5) is 0 Å². The molecule has 0 heterocycles. The average molecular weight is 310 g/mol. The molecule has 2 aliphatic carbocycles. The maximum absolute atomic E-state index is 10.4. The second-order valence-corrected chi connectivity index (χ2v) is 6.66. The molecular formula is C15H20BrNO. The van der Waals surface area contributed by atoms with E-state index in [1.807, 2.05) is 0 Å². The van der Waals surface area contributed by atoms with Crippen LogP contribution in [0.2, 0.25) is 0 Å².